The molecule has 1 atom stereocenters. The number of nitrogens with one attached hydrogen (secondary N) is 3. The number of carbonyl (C=O) groups is 1. The molecule has 0 spiro atoms. The molecule has 1 aliphatic heterocycles. The molecule has 30 heavy (non-hydrogen) atoms. The maximum Gasteiger partial charge on any atom is 0.277 e. The Morgan fingerprint density at radius 3 is 2.67 bits per heavy atom. The molecule has 0 unspecified atom stereocenters. The van der Waals surface area contributed by atoms with E-state index in [2.05, 4.69) is 15.6 Å². The van der Waals surface area contributed by atoms with Gasteiger partial charge in [-0.25, -0.2) is 26.5 Å². The van der Waals surface area contributed by atoms with Crippen LogP contribution in [0.1, 0.15) is 29.9 Å². The second-order valence-electron chi connectivity index (χ2n) is 6.86. The molecule has 1 saturated heterocycles. The first kappa shape index (κ1) is 21.9. The Morgan fingerprint density at radius 1 is 1.37 bits per heavy atom. The van der Waals surface area contributed by atoms with Crippen LogP contribution in [0.15, 0.2) is 30.5 Å². The van der Waals surface area contributed by atoms with Crippen LogP contribution in [-0.2, 0) is 15.6 Å². The number of nitrogens with zero attached hydrogens (tertiary/aromatic N) is 2. The number of hydrogen-bond donors (Lipinski definition) is 3. The van der Waals surface area contributed by atoms with E-state index in [0.29, 0.717) is 0 Å². The smallest absolute Gasteiger partial charge is 0.277 e. The lowest BCUT2D eigenvalue weighted by Crippen LogP contribution is -2.62. The van der Waals surface area contributed by atoms with E-state index in [0.717, 1.165) is 22.6 Å². The Balaban J connectivity index is 1.94. The third-order valence-electron chi connectivity index (χ3n) is 4.58. The molecule has 1 amide bonds. The molecule has 0 aliphatic carbocycles. The number of guanidine groups is 1. The van der Waals surface area contributed by atoms with Gasteiger partial charge in [0.2, 0.25) is 16.0 Å². The van der Waals surface area contributed by atoms with Gasteiger partial charge in [-0.05, 0) is 38.1 Å². The quantitative estimate of drug-likeness (QED) is 0.653. The minimum absolute atomic E-state index is 0.0224. The predicted molar refractivity (Wildman–Crippen MR) is 108 cm³/mol. The van der Waals surface area contributed by atoms with Crippen molar-refractivity contribution in [2.45, 2.75) is 19.4 Å². The topological polar surface area (TPSA) is 115 Å². The van der Waals surface area contributed by atoms with Crippen LogP contribution in [0.25, 0.3) is 0 Å². The maximum absolute atomic E-state index is 14.6. The van der Waals surface area contributed by atoms with E-state index in [1.807, 2.05) is 0 Å². The number of hydrogen-bond acceptors (Lipinski definition) is 5. The summed E-state index contributed by atoms with van der Waals surface area (Å²) in [7, 11) is -3.86. The van der Waals surface area contributed by atoms with Crippen LogP contribution >= 0.6 is 11.6 Å². The fourth-order valence-corrected chi connectivity index (χ4v) is 5.21. The number of halogens is 3. The number of amides is 1. The zero-order chi connectivity index (χ0) is 22.3. The highest BCUT2D eigenvalue weighted by Crippen LogP contribution is 2.32. The molecular weight excluding hydrogens is 440 g/mol. The van der Waals surface area contributed by atoms with Crippen molar-refractivity contribution in [3.05, 3.63) is 58.4 Å². The zero-order valence-electron chi connectivity index (χ0n) is 16.0. The molecule has 12 heteroatoms. The number of carbonyl (C=O) groups excluding carboxylic acids is 1. The van der Waals surface area contributed by atoms with Crippen molar-refractivity contribution in [3.63, 3.8) is 0 Å². The van der Waals surface area contributed by atoms with Crippen LogP contribution in [0, 0.1) is 17.0 Å². The standard InChI is InChI=1S/C18H18ClF2N5O3S/c1-3-26-17(22)25-18(2,9-30(26,28)29)12-7-11(4-5-13(12)20)24-16(27)15-14(21)6-10(19)8-23-15/h4-8H,3,9H2,1-2H3,(H2,22,25)(H,24,27)/t18-/m0/s1. The number of rotatable bonds is 4. The lowest BCUT2D eigenvalue weighted by atomic mass is 9.93. The molecule has 160 valence electrons. The summed E-state index contributed by atoms with van der Waals surface area (Å²) in [4.78, 5) is 16.0. The summed E-state index contributed by atoms with van der Waals surface area (Å²) in [5, 5.41) is 13.1. The van der Waals surface area contributed by atoms with E-state index >= 15 is 0 Å². The molecule has 2 heterocycles. The fraction of sp³-hybridized carbons (Fsp3) is 0.278. The van der Waals surface area contributed by atoms with Crippen molar-refractivity contribution < 1.29 is 22.0 Å². The maximum atomic E-state index is 14.6. The summed E-state index contributed by atoms with van der Waals surface area (Å²) in [6.07, 6.45) is 1.11. The van der Waals surface area contributed by atoms with Crippen LogP contribution < -0.4 is 10.6 Å². The highest BCUT2D eigenvalue weighted by Gasteiger charge is 2.44. The summed E-state index contributed by atoms with van der Waals surface area (Å²) in [5.41, 5.74) is -1.95. The SMILES string of the molecule is CCN1C(=N)N[C@](C)(c2cc(NC(=O)c3ncc(Cl)cc3F)ccc2F)CS1(=O)=O. The van der Waals surface area contributed by atoms with Gasteiger partial charge in [0.05, 0.1) is 16.3 Å². The lowest BCUT2D eigenvalue weighted by Gasteiger charge is -2.41. The van der Waals surface area contributed by atoms with E-state index < -0.39 is 44.6 Å². The normalized spacial score (nSPS) is 20.6. The molecule has 1 aromatic heterocycles. The van der Waals surface area contributed by atoms with Crippen molar-refractivity contribution in [1.29, 1.82) is 5.41 Å². The van der Waals surface area contributed by atoms with Crippen molar-refractivity contribution in [3.8, 4) is 0 Å². The van der Waals surface area contributed by atoms with E-state index in [1.165, 1.54) is 19.1 Å². The number of aromatic nitrogens is 1. The zero-order valence-corrected chi connectivity index (χ0v) is 17.5. The van der Waals surface area contributed by atoms with Crippen molar-refractivity contribution in [2.75, 3.05) is 17.6 Å². The first-order valence-corrected chi connectivity index (χ1v) is 10.7. The van der Waals surface area contributed by atoms with Gasteiger partial charge in [0.15, 0.2) is 11.5 Å². The Hall–Kier alpha value is -2.79. The predicted octanol–water partition coefficient (Wildman–Crippen LogP) is 2.67. The monoisotopic (exact) mass is 457 g/mol. The first-order valence-electron chi connectivity index (χ1n) is 8.76. The van der Waals surface area contributed by atoms with Gasteiger partial charge < -0.3 is 10.6 Å². The number of sulfonamides is 1. The molecule has 2 aromatic rings. The molecule has 1 aromatic carbocycles. The third kappa shape index (κ3) is 4.08. The van der Waals surface area contributed by atoms with Crippen LogP contribution in [-0.4, -0.2) is 41.9 Å². The van der Waals surface area contributed by atoms with Crippen LogP contribution in [0.4, 0.5) is 14.5 Å². The third-order valence-corrected chi connectivity index (χ3v) is 6.84. The highest BCUT2D eigenvalue weighted by atomic mass is 35.5. The fourth-order valence-electron chi connectivity index (χ4n) is 3.24. The van der Waals surface area contributed by atoms with Gasteiger partial charge in [-0.15, -0.1) is 0 Å². The molecule has 8 nitrogen and oxygen atoms in total. The Labute approximate surface area is 176 Å². The summed E-state index contributed by atoms with van der Waals surface area (Å²) in [6.45, 7) is 3.08. The summed E-state index contributed by atoms with van der Waals surface area (Å²) < 4.78 is 54.5. The van der Waals surface area contributed by atoms with Crippen LogP contribution in [0.2, 0.25) is 5.02 Å². The average molecular weight is 458 g/mol. The van der Waals surface area contributed by atoms with Gasteiger partial charge in [0, 0.05) is 24.0 Å². The van der Waals surface area contributed by atoms with Crippen molar-refractivity contribution >= 4 is 39.2 Å². The average Bonchev–Trinajstić information content (AvgIpc) is 2.61. The molecule has 3 rings (SSSR count). The number of pyridine rings is 1. The first-order chi connectivity index (χ1) is 14.0. The molecule has 0 bridgehead atoms. The minimum Gasteiger partial charge on any atom is -0.345 e. The Kier molecular flexibility index (Phi) is 5.70. The molecule has 3 N–H and O–H groups in total. The minimum atomic E-state index is -3.86. The van der Waals surface area contributed by atoms with Gasteiger partial charge in [-0.3, -0.25) is 10.2 Å². The van der Waals surface area contributed by atoms with Gasteiger partial charge in [-0.2, -0.15) is 0 Å². The Bertz CT molecular complexity index is 1140. The second kappa shape index (κ2) is 7.80. The van der Waals surface area contributed by atoms with Crippen LogP contribution in [0.3, 0.4) is 0 Å². The largest absolute Gasteiger partial charge is 0.345 e. The number of benzene rings is 1. The van der Waals surface area contributed by atoms with Crippen molar-refractivity contribution in [1.82, 2.24) is 14.6 Å². The molecule has 0 radical (unpaired) electrons. The van der Waals surface area contributed by atoms with Gasteiger partial charge in [0.1, 0.15) is 5.82 Å². The van der Waals surface area contributed by atoms with Crippen molar-refractivity contribution in [2.24, 2.45) is 0 Å². The van der Waals surface area contributed by atoms with Gasteiger partial charge >= 0.3 is 0 Å². The number of anilines is 1. The van der Waals surface area contributed by atoms with Gasteiger partial charge in [0.25, 0.3) is 5.91 Å². The summed E-state index contributed by atoms with van der Waals surface area (Å²) in [5.74, 6) is -3.43. The van der Waals surface area contributed by atoms with E-state index in [9.17, 15) is 22.0 Å². The van der Waals surface area contributed by atoms with E-state index in [-0.39, 0.29) is 28.8 Å². The second-order valence-corrected chi connectivity index (χ2v) is 9.19. The van der Waals surface area contributed by atoms with Crippen LogP contribution in [0.5, 0.6) is 0 Å². The van der Waals surface area contributed by atoms with Gasteiger partial charge in [-0.1, -0.05) is 11.6 Å². The lowest BCUT2D eigenvalue weighted by molar-refractivity contribution is 0.101. The molecule has 1 aliphatic rings. The van der Waals surface area contributed by atoms with E-state index in [4.69, 9.17) is 17.0 Å². The highest BCUT2D eigenvalue weighted by molar-refractivity contribution is 7.89. The molecule has 1 fully saturated rings. The Morgan fingerprint density at radius 2 is 2.07 bits per heavy atom. The van der Waals surface area contributed by atoms with E-state index in [1.54, 1.807) is 6.92 Å². The molecular formula is C18H18ClF2N5O3S. The summed E-state index contributed by atoms with van der Waals surface area (Å²) >= 11 is 5.62. The molecule has 0 saturated carbocycles. The summed E-state index contributed by atoms with van der Waals surface area (Å²) in [6, 6.07) is 4.46.